The summed E-state index contributed by atoms with van der Waals surface area (Å²) >= 11 is 0. The summed E-state index contributed by atoms with van der Waals surface area (Å²) in [6.07, 6.45) is 2.72. The zero-order chi connectivity index (χ0) is 21.0. The third-order valence-electron chi connectivity index (χ3n) is 5.85. The summed E-state index contributed by atoms with van der Waals surface area (Å²) in [4.78, 5) is 4.79. The van der Waals surface area contributed by atoms with Gasteiger partial charge in [-0.3, -0.25) is 4.98 Å². The molecule has 0 spiro atoms. The molecule has 1 saturated heterocycles. The molecule has 0 saturated carbocycles. The predicted molar refractivity (Wildman–Crippen MR) is 118 cm³/mol. The van der Waals surface area contributed by atoms with Gasteiger partial charge in [-0.25, -0.2) is 0 Å². The molecule has 1 aromatic heterocycles. The van der Waals surface area contributed by atoms with E-state index in [1.54, 1.807) is 8.61 Å². The summed E-state index contributed by atoms with van der Waals surface area (Å²) in [6, 6.07) is 12.8. The van der Waals surface area contributed by atoms with Crippen LogP contribution in [0.4, 0.5) is 0 Å². The van der Waals surface area contributed by atoms with E-state index in [4.69, 9.17) is 4.98 Å². The van der Waals surface area contributed by atoms with Crippen LogP contribution in [-0.4, -0.2) is 48.2 Å². The van der Waals surface area contributed by atoms with E-state index < -0.39 is 10.2 Å². The molecule has 0 amide bonds. The first-order valence-corrected chi connectivity index (χ1v) is 12.0. The highest BCUT2D eigenvalue weighted by Crippen LogP contribution is 2.29. The Morgan fingerprint density at radius 2 is 1.86 bits per heavy atom. The van der Waals surface area contributed by atoms with E-state index in [9.17, 15) is 8.42 Å². The van der Waals surface area contributed by atoms with Crippen molar-refractivity contribution >= 4 is 10.2 Å². The van der Waals surface area contributed by atoms with Gasteiger partial charge >= 0.3 is 0 Å². The smallest absolute Gasteiger partial charge is 0.258 e. The van der Waals surface area contributed by atoms with Crippen molar-refractivity contribution in [1.82, 2.24) is 13.6 Å². The van der Waals surface area contributed by atoms with E-state index in [0.717, 1.165) is 30.7 Å². The second kappa shape index (κ2) is 9.37. The SMILES string of the molecule is CCN(CC)S(=O)(=O)N1CCCC(c2cc(Cc3ccccc3C)cc(C)n2)C1. The minimum Gasteiger partial charge on any atom is -0.258 e. The number of benzene rings is 1. The van der Waals surface area contributed by atoms with Gasteiger partial charge in [-0.1, -0.05) is 38.1 Å². The average molecular weight is 416 g/mol. The van der Waals surface area contributed by atoms with Crippen molar-refractivity contribution in [2.45, 2.75) is 52.9 Å². The second-order valence-electron chi connectivity index (χ2n) is 7.93. The van der Waals surface area contributed by atoms with Crippen LogP contribution in [0.1, 0.15) is 60.7 Å². The van der Waals surface area contributed by atoms with Gasteiger partial charge in [-0.05, 0) is 61.9 Å². The molecule has 1 aromatic carbocycles. The van der Waals surface area contributed by atoms with Crippen molar-refractivity contribution in [2.24, 2.45) is 0 Å². The number of aromatic nitrogens is 1. The van der Waals surface area contributed by atoms with Crippen LogP contribution in [0, 0.1) is 13.8 Å². The maximum Gasteiger partial charge on any atom is 0.281 e. The van der Waals surface area contributed by atoms with Crippen molar-refractivity contribution < 1.29 is 8.42 Å². The lowest BCUT2D eigenvalue weighted by Crippen LogP contribution is -2.47. The maximum atomic E-state index is 13.0. The number of nitrogens with zero attached hydrogens (tertiary/aromatic N) is 3. The van der Waals surface area contributed by atoms with Crippen LogP contribution in [-0.2, 0) is 16.6 Å². The molecule has 1 unspecified atom stereocenters. The Kier molecular flexibility index (Phi) is 7.09. The molecule has 6 heteroatoms. The Bertz CT molecular complexity index is 939. The van der Waals surface area contributed by atoms with Gasteiger partial charge in [0.15, 0.2) is 0 Å². The molecular weight excluding hydrogens is 382 g/mol. The highest BCUT2D eigenvalue weighted by Gasteiger charge is 2.33. The van der Waals surface area contributed by atoms with Crippen molar-refractivity contribution in [3.63, 3.8) is 0 Å². The van der Waals surface area contributed by atoms with Crippen LogP contribution in [0.2, 0.25) is 0 Å². The van der Waals surface area contributed by atoms with Gasteiger partial charge in [0.2, 0.25) is 0 Å². The summed E-state index contributed by atoms with van der Waals surface area (Å²) in [7, 11) is -3.40. The van der Waals surface area contributed by atoms with Crippen molar-refractivity contribution in [2.75, 3.05) is 26.2 Å². The lowest BCUT2D eigenvalue weighted by atomic mass is 9.93. The standard InChI is InChI=1S/C23H33N3O2S/c1-5-25(6-2)29(27,28)26-13-9-12-22(17-26)23-16-20(14-19(4)24-23)15-21-11-8-7-10-18(21)3/h7-8,10-11,14,16,22H,5-6,9,12-13,15,17H2,1-4H3. The average Bonchev–Trinajstić information content (AvgIpc) is 2.70. The maximum absolute atomic E-state index is 13.0. The molecule has 1 aliphatic rings. The Morgan fingerprint density at radius 3 is 2.55 bits per heavy atom. The van der Waals surface area contributed by atoms with Crippen molar-refractivity contribution in [3.8, 4) is 0 Å². The number of aryl methyl sites for hydroxylation is 2. The Balaban J connectivity index is 1.83. The second-order valence-corrected chi connectivity index (χ2v) is 9.86. The zero-order valence-corrected chi connectivity index (χ0v) is 18.9. The Labute approximate surface area is 175 Å². The molecule has 29 heavy (non-hydrogen) atoms. The monoisotopic (exact) mass is 415 g/mol. The van der Waals surface area contributed by atoms with Crippen molar-refractivity contribution in [1.29, 1.82) is 0 Å². The fraction of sp³-hybridized carbons (Fsp3) is 0.522. The fourth-order valence-electron chi connectivity index (χ4n) is 4.21. The number of rotatable bonds is 7. The quantitative estimate of drug-likeness (QED) is 0.685. The van der Waals surface area contributed by atoms with Gasteiger partial charge < -0.3 is 0 Å². The molecule has 1 fully saturated rings. The Hall–Kier alpha value is -1.76. The molecule has 5 nitrogen and oxygen atoms in total. The molecule has 2 aromatic rings. The number of piperidine rings is 1. The highest BCUT2D eigenvalue weighted by molar-refractivity contribution is 7.86. The van der Waals surface area contributed by atoms with Crippen LogP contribution in [0.15, 0.2) is 36.4 Å². The largest absolute Gasteiger partial charge is 0.281 e. The van der Waals surface area contributed by atoms with Gasteiger partial charge in [0.25, 0.3) is 10.2 Å². The van der Waals surface area contributed by atoms with Gasteiger partial charge in [0, 0.05) is 43.5 Å². The van der Waals surface area contributed by atoms with E-state index in [1.807, 2.05) is 20.8 Å². The van der Waals surface area contributed by atoms with Crippen molar-refractivity contribution in [3.05, 3.63) is 64.5 Å². The molecule has 1 atom stereocenters. The summed E-state index contributed by atoms with van der Waals surface area (Å²) < 4.78 is 29.1. The molecule has 1 aliphatic heterocycles. The zero-order valence-electron chi connectivity index (χ0n) is 18.1. The summed E-state index contributed by atoms with van der Waals surface area (Å²) in [5, 5.41) is 0. The lowest BCUT2D eigenvalue weighted by Gasteiger charge is -2.35. The number of hydrogen-bond donors (Lipinski definition) is 0. The van der Waals surface area contributed by atoms with Crippen LogP contribution in [0.25, 0.3) is 0 Å². The number of pyridine rings is 1. The first kappa shape index (κ1) is 21.9. The van der Waals surface area contributed by atoms with Gasteiger partial charge in [0.1, 0.15) is 0 Å². The molecule has 0 radical (unpaired) electrons. The molecule has 158 valence electrons. The molecule has 0 N–H and O–H groups in total. The van der Waals surface area contributed by atoms with Gasteiger partial charge in [0.05, 0.1) is 0 Å². The predicted octanol–water partition coefficient (Wildman–Crippen LogP) is 4.06. The number of hydrogen-bond acceptors (Lipinski definition) is 3. The van der Waals surface area contributed by atoms with E-state index >= 15 is 0 Å². The van der Waals surface area contributed by atoms with Gasteiger partial charge in [-0.2, -0.15) is 17.0 Å². The summed E-state index contributed by atoms with van der Waals surface area (Å²) in [6.45, 7) is 10.1. The molecule has 0 aliphatic carbocycles. The minimum atomic E-state index is -3.40. The van der Waals surface area contributed by atoms with Crippen LogP contribution in [0.5, 0.6) is 0 Å². The highest BCUT2D eigenvalue weighted by atomic mass is 32.2. The van der Waals surface area contributed by atoms with E-state index in [1.165, 1.54) is 16.7 Å². The van der Waals surface area contributed by atoms with Crippen LogP contribution < -0.4 is 0 Å². The summed E-state index contributed by atoms with van der Waals surface area (Å²) in [5.74, 6) is 0.143. The fourth-order valence-corrected chi connectivity index (χ4v) is 5.92. The first-order chi connectivity index (χ1) is 13.8. The topological polar surface area (TPSA) is 53.5 Å². The van der Waals surface area contributed by atoms with Gasteiger partial charge in [-0.15, -0.1) is 0 Å². The van der Waals surface area contributed by atoms with E-state index in [0.29, 0.717) is 26.2 Å². The first-order valence-electron chi connectivity index (χ1n) is 10.6. The third kappa shape index (κ3) is 5.05. The third-order valence-corrected chi connectivity index (χ3v) is 8.00. The lowest BCUT2D eigenvalue weighted by molar-refractivity contribution is 0.285. The molecule has 3 rings (SSSR count). The van der Waals surface area contributed by atoms with E-state index in [-0.39, 0.29) is 5.92 Å². The normalized spacial score (nSPS) is 18.3. The van der Waals surface area contributed by atoms with Crippen LogP contribution in [0.3, 0.4) is 0 Å². The minimum absolute atomic E-state index is 0.143. The van der Waals surface area contributed by atoms with E-state index in [2.05, 4.69) is 43.3 Å². The summed E-state index contributed by atoms with van der Waals surface area (Å²) in [5.41, 5.74) is 5.87. The Morgan fingerprint density at radius 1 is 1.14 bits per heavy atom. The molecular formula is C23H33N3O2S. The van der Waals surface area contributed by atoms with Crippen LogP contribution >= 0.6 is 0 Å². The molecule has 2 heterocycles. The molecule has 0 bridgehead atoms.